The third kappa shape index (κ3) is 5.09. The first kappa shape index (κ1) is 23.4. The highest BCUT2D eigenvalue weighted by atomic mass is 16.5. The second kappa shape index (κ2) is 10.0. The van der Waals surface area contributed by atoms with Crippen LogP contribution in [0.1, 0.15) is 20.7 Å². The average molecular weight is 474 g/mol. The van der Waals surface area contributed by atoms with Crippen LogP contribution in [0.25, 0.3) is 11.0 Å². The lowest BCUT2D eigenvalue weighted by Crippen LogP contribution is -2.21. The summed E-state index contributed by atoms with van der Waals surface area (Å²) >= 11 is 0. The van der Waals surface area contributed by atoms with E-state index in [1.807, 2.05) is 0 Å². The Balaban J connectivity index is 1.80. The van der Waals surface area contributed by atoms with Crippen molar-refractivity contribution in [1.29, 1.82) is 0 Å². The molecule has 0 aliphatic heterocycles. The fraction of sp³-hybridized carbons (Fsp3) is 0.115. The average Bonchev–Trinajstić information content (AvgIpc) is 2.88. The third-order valence-electron chi connectivity index (χ3n) is 5.18. The van der Waals surface area contributed by atoms with Crippen molar-refractivity contribution >= 4 is 34.2 Å². The summed E-state index contributed by atoms with van der Waals surface area (Å²) in [6.07, 6.45) is 0. The largest absolute Gasteiger partial charge is 0.497 e. The summed E-state index contributed by atoms with van der Waals surface area (Å²) in [6, 6.07) is 17.8. The van der Waals surface area contributed by atoms with Gasteiger partial charge in [-0.25, -0.2) is 9.79 Å². The second-order valence-electron chi connectivity index (χ2n) is 7.36. The highest BCUT2D eigenvalue weighted by Gasteiger charge is 2.15. The van der Waals surface area contributed by atoms with Gasteiger partial charge in [0.1, 0.15) is 16.9 Å². The molecule has 0 radical (unpaired) electrons. The van der Waals surface area contributed by atoms with Crippen molar-refractivity contribution < 1.29 is 33.3 Å². The van der Waals surface area contributed by atoms with E-state index >= 15 is 0 Å². The summed E-state index contributed by atoms with van der Waals surface area (Å²) in [5.74, 6) is 0.0795. The minimum absolute atomic E-state index is 0.0590. The van der Waals surface area contributed by atoms with Crippen LogP contribution in [0.4, 0.5) is 11.4 Å². The Morgan fingerprint density at radius 2 is 1.60 bits per heavy atom. The highest BCUT2D eigenvalue weighted by Crippen LogP contribution is 2.30. The van der Waals surface area contributed by atoms with E-state index in [9.17, 15) is 9.59 Å². The lowest BCUT2D eigenvalue weighted by molar-refractivity contribution is 0.0696. The zero-order chi connectivity index (χ0) is 24.9. The molecule has 0 bridgehead atoms. The van der Waals surface area contributed by atoms with Gasteiger partial charge in [0.15, 0.2) is 11.5 Å². The molecule has 1 heterocycles. The molecule has 0 saturated heterocycles. The summed E-state index contributed by atoms with van der Waals surface area (Å²) in [6.45, 7) is 0. The highest BCUT2D eigenvalue weighted by molar-refractivity contribution is 6.05. The van der Waals surface area contributed by atoms with E-state index < -0.39 is 11.9 Å². The quantitative estimate of drug-likeness (QED) is 0.400. The van der Waals surface area contributed by atoms with Crippen LogP contribution in [0.3, 0.4) is 0 Å². The van der Waals surface area contributed by atoms with Crippen molar-refractivity contribution in [2.45, 2.75) is 0 Å². The molecule has 9 nitrogen and oxygen atoms in total. The zero-order valence-electron chi connectivity index (χ0n) is 19.2. The normalized spacial score (nSPS) is 11.2. The number of ether oxygens (including phenoxy) is 3. The van der Waals surface area contributed by atoms with E-state index in [4.69, 9.17) is 23.7 Å². The van der Waals surface area contributed by atoms with Gasteiger partial charge in [0.05, 0.1) is 32.6 Å². The molecule has 0 atom stereocenters. The number of hydrogen-bond donors (Lipinski definition) is 2. The second-order valence-corrected chi connectivity index (χ2v) is 7.36. The number of methoxy groups -OCH3 is 3. The minimum Gasteiger partial charge on any atom is -0.497 e. The first-order valence-corrected chi connectivity index (χ1v) is 10.4. The molecule has 1 amide bonds. The number of carbonyl (C=O) groups is 2. The lowest BCUT2D eigenvalue weighted by Gasteiger charge is -2.11. The SMILES string of the molecule is COc1ccc2oc(=Nc3ccc(C(=O)O)cc3)c(C(=O)Nc3ccc(OC)c(OC)c3)cc2c1. The monoisotopic (exact) mass is 474 g/mol. The van der Waals surface area contributed by atoms with E-state index in [1.165, 1.54) is 38.5 Å². The van der Waals surface area contributed by atoms with Crippen molar-refractivity contribution in [2.24, 2.45) is 4.99 Å². The number of carbonyl (C=O) groups excluding carboxylic acids is 1. The lowest BCUT2D eigenvalue weighted by atomic mass is 10.1. The molecular weight excluding hydrogens is 452 g/mol. The molecule has 178 valence electrons. The van der Waals surface area contributed by atoms with Gasteiger partial charge < -0.3 is 29.1 Å². The summed E-state index contributed by atoms with van der Waals surface area (Å²) in [7, 11) is 4.58. The summed E-state index contributed by atoms with van der Waals surface area (Å²) in [4.78, 5) is 28.9. The molecular formula is C26H22N2O7. The van der Waals surface area contributed by atoms with Crippen molar-refractivity contribution in [3.8, 4) is 17.2 Å². The van der Waals surface area contributed by atoms with E-state index in [2.05, 4.69) is 10.3 Å². The van der Waals surface area contributed by atoms with Gasteiger partial charge in [0.25, 0.3) is 5.91 Å². The number of benzene rings is 3. The van der Waals surface area contributed by atoms with Crippen LogP contribution in [0.2, 0.25) is 0 Å². The molecule has 0 aliphatic carbocycles. The molecule has 2 N–H and O–H groups in total. The van der Waals surface area contributed by atoms with Gasteiger partial charge in [0, 0.05) is 17.1 Å². The fourth-order valence-corrected chi connectivity index (χ4v) is 3.39. The summed E-state index contributed by atoms with van der Waals surface area (Å²) < 4.78 is 21.8. The number of rotatable bonds is 7. The molecule has 9 heteroatoms. The third-order valence-corrected chi connectivity index (χ3v) is 5.18. The molecule has 0 fully saturated rings. The van der Waals surface area contributed by atoms with Gasteiger partial charge >= 0.3 is 5.97 Å². The number of carboxylic acid groups (broad SMARTS) is 1. The summed E-state index contributed by atoms with van der Waals surface area (Å²) in [5, 5.41) is 12.6. The van der Waals surface area contributed by atoms with Gasteiger partial charge in [0.2, 0.25) is 5.55 Å². The topological polar surface area (TPSA) is 120 Å². The number of hydrogen-bond acceptors (Lipinski definition) is 7. The Hall–Kier alpha value is -4.79. The van der Waals surface area contributed by atoms with Crippen molar-refractivity contribution in [3.05, 3.63) is 83.4 Å². The van der Waals surface area contributed by atoms with Crippen LogP contribution in [-0.4, -0.2) is 38.3 Å². The number of anilines is 1. The van der Waals surface area contributed by atoms with Gasteiger partial charge in [-0.2, -0.15) is 0 Å². The maximum absolute atomic E-state index is 13.3. The van der Waals surface area contributed by atoms with Gasteiger partial charge in [-0.1, -0.05) is 0 Å². The Morgan fingerprint density at radius 3 is 2.26 bits per heavy atom. The van der Waals surface area contributed by atoms with E-state index in [1.54, 1.807) is 49.6 Å². The van der Waals surface area contributed by atoms with Crippen molar-refractivity contribution in [3.63, 3.8) is 0 Å². The predicted molar refractivity (Wildman–Crippen MR) is 129 cm³/mol. The van der Waals surface area contributed by atoms with Crippen LogP contribution >= 0.6 is 0 Å². The Bertz CT molecular complexity index is 1470. The minimum atomic E-state index is -1.05. The van der Waals surface area contributed by atoms with Crippen molar-refractivity contribution in [1.82, 2.24) is 0 Å². The number of fused-ring (bicyclic) bond motifs is 1. The maximum Gasteiger partial charge on any atom is 0.335 e. The molecule has 35 heavy (non-hydrogen) atoms. The molecule has 1 aromatic heterocycles. The van der Waals surface area contributed by atoms with E-state index in [0.717, 1.165) is 0 Å². The molecule has 0 saturated carbocycles. The van der Waals surface area contributed by atoms with E-state index in [0.29, 0.717) is 39.6 Å². The fourth-order valence-electron chi connectivity index (χ4n) is 3.39. The van der Waals surface area contributed by atoms with Gasteiger partial charge in [-0.15, -0.1) is 0 Å². The number of nitrogens with one attached hydrogen (secondary N) is 1. The van der Waals surface area contributed by atoms with Crippen LogP contribution in [-0.2, 0) is 0 Å². The standard InChI is InChI=1S/C26H22N2O7/c1-32-19-9-11-21-16(12-19)13-20(24(29)27-18-8-10-22(33-2)23(14-18)34-3)25(35-21)28-17-6-4-15(5-7-17)26(30)31/h4-14H,1-3H3,(H,27,29)(H,30,31). The molecule has 0 aliphatic rings. The van der Waals surface area contributed by atoms with Crippen LogP contribution in [0.5, 0.6) is 17.2 Å². The molecule has 0 unspecified atom stereocenters. The first-order chi connectivity index (χ1) is 16.9. The zero-order valence-corrected chi connectivity index (χ0v) is 19.2. The van der Waals surface area contributed by atoms with Crippen LogP contribution < -0.4 is 25.1 Å². The number of amides is 1. The summed E-state index contributed by atoms with van der Waals surface area (Å²) in [5.41, 5.74) is 1.75. The number of nitrogens with zero attached hydrogens (tertiary/aromatic N) is 1. The van der Waals surface area contributed by atoms with Gasteiger partial charge in [-0.05, 0) is 60.7 Å². The Labute approximate surface area is 200 Å². The van der Waals surface area contributed by atoms with Crippen LogP contribution in [0, 0.1) is 0 Å². The molecule has 4 rings (SSSR count). The van der Waals surface area contributed by atoms with Gasteiger partial charge in [-0.3, -0.25) is 4.79 Å². The predicted octanol–water partition coefficient (Wildman–Crippen LogP) is 4.64. The molecule has 3 aromatic carbocycles. The molecule has 0 spiro atoms. The Morgan fingerprint density at radius 1 is 0.857 bits per heavy atom. The Kier molecular flexibility index (Phi) is 6.68. The maximum atomic E-state index is 13.3. The van der Waals surface area contributed by atoms with Crippen LogP contribution in [0.15, 0.2) is 76.1 Å². The number of aromatic carboxylic acids is 1. The number of carboxylic acids is 1. The smallest absolute Gasteiger partial charge is 0.335 e. The van der Waals surface area contributed by atoms with E-state index in [-0.39, 0.29) is 16.7 Å². The first-order valence-electron chi connectivity index (χ1n) is 10.4. The molecule has 4 aromatic rings. The van der Waals surface area contributed by atoms with Crippen molar-refractivity contribution in [2.75, 3.05) is 26.6 Å².